The van der Waals surface area contributed by atoms with Crippen molar-refractivity contribution in [2.24, 2.45) is 5.10 Å². The number of hydrogen-bond acceptors (Lipinski definition) is 5. The summed E-state index contributed by atoms with van der Waals surface area (Å²) in [6.45, 7) is 0. The highest BCUT2D eigenvalue weighted by molar-refractivity contribution is 6.13. The molecular weight excluding hydrogens is 328 g/mol. The van der Waals surface area contributed by atoms with Crippen molar-refractivity contribution >= 4 is 16.5 Å². The van der Waals surface area contributed by atoms with Crippen molar-refractivity contribution in [3.05, 3.63) is 65.7 Å². The Morgan fingerprint density at radius 1 is 1.00 bits per heavy atom. The summed E-state index contributed by atoms with van der Waals surface area (Å²) in [5, 5.41) is 17.0. The number of benzene rings is 3. The van der Waals surface area contributed by atoms with E-state index in [0.29, 0.717) is 17.9 Å². The van der Waals surface area contributed by atoms with Crippen LogP contribution in [0.25, 0.3) is 10.8 Å². The SMILES string of the molecule is COc1cccc(C2CC(c3c(O)ccc4ccccc34)=NN2)c1OC. The van der Waals surface area contributed by atoms with E-state index in [9.17, 15) is 5.11 Å². The molecule has 0 saturated heterocycles. The number of ether oxygens (including phenoxy) is 2. The third-order valence-electron chi connectivity index (χ3n) is 4.76. The van der Waals surface area contributed by atoms with Gasteiger partial charge in [0, 0.05) is 17.5 Å². The molecule has 0 spiro atoms. The quantitative estimate of drug-likeness (QED) is 0.748. The lowest BCUT2D eigenvalue weighted by atomic mass is 9.94. The van der Waals surface area contributed by atoms with Crippen LogP contribution < -0.4 is 14.9 Å². The topological polar surface area (TPSA) is 63.1 Å². The van der Waals surface area contributed by atoms with Gasteiger partial charge in [0.15, 0.2) is 11.5 Å². The van der Waals surface area contributed by atoms with Crippen molar-refractivity contribution in [3.8, 4) is 17.2 Å². The number of hydrogen-bond donors (Lipinski definition) is 2. The summed E-state index contributed by atoms with van der Waals surface area (Å²) in [4.78, 5) is 0. The second kappa shape index (κ2) is 6.59. The monoisotopic (exact) mass is 348 g/mol. The zero-order valence-electron chi connectivity index (χ0n) is 14.7. The van der Waals surface area contributed by atoms with Gasteiger partial charge in [-0.05, 0) is 22.9 Å². The number of nitrogens with one attached hydrogen (secondary N) is 1. The molecule has 0 bridgehead atoms. The van der Waals surface area contributed by atoms with Gasteiger partial charge in [-0.3, -0.25) is 0 Å². The van der Waals surface area contributed by atoms with Gasteiger partial charge in [-0.1, -0.05) is 42.5 Å². The van der Waals surface area contributed by atoms with Crippen LogP contribution in [0.1, 0.15) is 23.6 Å². The average molecular weight is 348 g/mol. The lowest BCUT2D eigenvalue weighted by Crippen LogP contribution is -2.12. The van der Waals surface area contributed by atoms with Crippen LogP contribution in [0.15, 0.2) is 59.7 Å². The molecule has 5 heteroatoms. The molecule has 1 unspecified atom stereocenters. The highest BCUT2D eigenvalue weighted by atomic mass is 16.5. The zero-order chi connectivity index (χ0) is 18.1. The summed E-state index contributed by atoms with van der Waals surface area (Å²) >= 11 is 0. The van der Waals surface area contributed by atoms with E-state index in [1.165, 1.54) is 0 Å². The lowest BCUT2D eigenvalue weighted by Gasteiger charge is -2.17. The Hall–Kier alpha value is -3.21. The molecule has 0 saturated carbocycles. The number of nitrogens with zero attached hydrogens (tertiary/aromatic N) is 1. The smallest absolute Gasteiger partial charge is 0.166 e. The molecule has 4 rings (SSSR count). The first-order valence-electron chi connectivity index (χ1n) is 8.47. The maximum absolute atomic E-state index is 10.5. The lowest BCUT2D eigenvalue weighted by molar-refractivity contribution is 0.348. The molecule has 1 aliphatic rings. The van der Waals surface area contributed by atoms with Crippen LogP contribution in [0.2, 0.25) is 0 Å². The van der Waals surface area contributed by atoms with Gasteiger partial charge >= 0.3 is 0 Å². The summed E-state index contributed by atoms with van der Waals surface area (Å²) in [5.74, 6) is 1.63. The second-order valence-corrected chi connectivity index (χ2v) is 6.21. The molecule has 1 atom stereocenters. The van der Waals surface area contributed by atoms with Crippen molar-refractivity contribution in [1.82, 2.24) is 5.43 Å². The standard InChI is InChI=1S/C21H20N2O3/c1-25-19-9-5-8-15(21(19)26-2)16-12-17(23-22-16)20-14-7-4-3-6-13(14)10-11-18(20)24/h3-11,16,22,24H,12H2,1-2H3. The van der Waals surface area contributed by atoms with E-state index >= 15 is 0 Å². The van der Waals surface area contributed by atoms with E-state index in [4.69, 9.17) is 9.47 Å². The first-order chi connectivity index (χ1) is 12.7. The molecule has 2 N–H and O–H groups in total. The van der Waals surface area contributed by atoms with Gasteiger partial charge < -0.3 is 20.0 Å². The van der Waals surface area contributed by atoms with Crippen molar-refractivity contribution in [2.45, 2.75) is 12.5 Å². The zero-order valence-corrected chi connectivity index (χ0v) is 14.7. The van der Waals surface area contributed by atoms with Crippen LogP contribution in [-0.2, 0) is 0 Å². The van der Waals surface area contributed by atoms with Crippen LogP contribution in [-0.4, -0.2) is 25.0 Å². The van der Waals surface area contributed by atoms with E-state index in [-0.39, 0.29) is 11.8 Å². The largest absolute Gasteiger partial charge is 0.507 e. The Morgan fingerprint density at radius 2 is 1.85 bits per heavy atom. The molecule has 3 aromatic carbocycles. The predicted molar refractivity (Wildman–Crippen MR) is 102 cm³/mol. The fourth-order valence-corrected chi connectivity index (χ4v) is 3.53. The van der Waals surface area contributed by atoms with Crippen LogP contribution in [0.4, 0.5) is 0 Å². The number of hydrazone groups is 1. The first-order valence-corrected chi connectivity index (χ1v) is 8.47. The molecule has 26 heavy (non-hydrogen) atoms. The molecule has 132 valence electrons. The van der Waals surface area contributed by atoms with Crippen molar-refractivity contribution in [1.29, 1.82) is 0 Å². The van der Waals surface area contributed by atoms with E-state index in [1.807, 2.05) is 48.5 Å². The number of rotatable bonds is 4. The van der Waals surface area contributed by atoms with Crippen molar-refractivity contribution in [2.75, 3.05) is 14.2 Å². The van der Waals surface area contributed by atoms with Crippen LogP contribution in [0.5, 0.6) is 17.2 Å². The van der Waals surface area contributed by atoms with Crippen LogP contribution in [0.3, 0.4) is 0 Å². The molecule has 0 radical (unpaired) electrons. The highest BCUT2D eigenvalue weighted by Gasteiger charge is 2.27. The predicted octanol–water partition coefficient (Wildman–Crippen LogP) is 4.00. The van der Waals surface area contributed by atoms with Gasteiger partial charge in [-0.25, -0.2) is 0 Å². The molecule has 0 aliphatic carbocycles. The molecular formula is C21H20N2O3. The van der Waals surface area contributed by atoms with Crippen molar-refractivity contribution in [3.63, 3.8) is 0 Å². The number of phenols is 1. The minimum absolute atomic E-state index is 0.0478. The maximum atomic E-state index is 10.5. The fraction of sp³-hybridized carbons (Fsp3) is 0.190. The summed E-state index contributed by atoms with van der Waals surface area (Å²) < 4.78 is 10.9. The Labute approximate surface area is 151 Å². The first kappa shape index (κ1) is 16.3. The Kier molecular flexibility index (Phi) is 4.13. The maximum Gasteiger partial charge on any atom is 0.166 e. The van der Waals surface area contributed by atoms with Gasteiger partial charge in [0.2, 0.25) is 0 Å². The Morgan fingerprint density at radius 3 is 2.65 bits per heavy atom. The van der Waals surface area contributed by atoms with E-state index in [2.05, 4.69) is 10.5 Å². The van der Waals surface area contributed by atoms with Crippen LogP contribution >= 0.6 is 0 Å². The summed E-state index contributed by atoms with van der Waals surface area (Å²) in [5.41, 5.74) is 5.76. The highest BCUT2D eigenvalue weighted by Crippen LogP contribution is 2.39. The van der Waals surface area contributed by atoms with Gasteiger partial charge in [0.25, 0.3) is 0 Å². The number of methoxy groups -OCH3 is 2. The molecule has 1 heterocycles. The number of aromatic hydroxyl groups is 1. The number of phenolic OH excluding ortho intramolecular Hbond substituents is 1. The van der Waals surface area contributed by atoms with Gasteiger partial charge in [0.1, 0.15) is 5.75 Å². The molecule has 5 nitrogen and oxygen atoms in total. The second-order valence-electron chi connectivity index (χ2n) is 6.21. The van der Waals surface area contributed by atoms with Crippen molar-refractivity contribution < 1.29 is 14.6 Å². The minimum atomic E-state index is -0.0478. The molecule has 1 aliphatic heterocycles. The third kappa shape index (κ3) is 2.62. The van der Waals surface area contributed by atoms with E-state index in [1.54, 1.807) is 20.3 Å². The number of fused-ring (bicyclic) bond motifs is 1. The minimum Gasteiger partial charge on any atom is -0.507 e. The Bertz CT molecular complexity index is 998. The van der Waals surface area contributed by atoms with Gasteiger partial charge in [-0.15, -0.1) is 0 Å². The Balaban J connectivity index is 1.72. The van der Waals surface area contributed by atoms with Gasteiger partial charge in [0.05, 0.1) is 26.0 Å². The third-order valence-corrected chi connectivity index (χ3v) is 4.76. The van der Waals surface area contributed by atoms with E-state index in [0.717, 1.165) is 27.6 Å². The normalized spacial score (nSPS) is 16.2. The molecule has 0 amide bonds. The number of para-hydroxylation sites is 1. The summed E-state index contributed by atoms with van der Waals surface area (Å²) in [7, 11) is 3.26. The summed E-state index contributed by atoms with van der Waals surface area (Å²) in [6, 6.07) is 17.4. The van der Waals surface area contributed by atoms with Crippen LogP contribution in [0, 0.1) is 0 Å². The molecule has 0 fully saturated rings. The average Bonchev–Trinajstić information content (AvgIpc) is 3.16. The van der Waals surface area contributed by atoms with Gasteiger partial charge in [-0.2, -0.15) is 5.10 Å². The molecule has 3 aromatic rings. The van der Waals surface area contributed by atoms with E-state index < -0.39 is 0 Å². The fourth-order valence-electron chi connectivity index (χ4n) is 3.53. The summed E-state index contributed by atoms with van der Waals surface area (Å²) in [6.07, 6.45) is 0.644. The molecule has 0 aromatic heterocycles.